The maximum atomic E-state index is 11.2. The molecule has 6 nitrogen and oxygen atoms in total. The van der Waals surface area contributed by atoms with Crippen LogP contribution in [0.5, 0.6) is 0 Å². The second-order valence-corrected chi connectivity index (χ2v) is 2.63. The standard InChI is InChI=1S/C8H9N3O3/c1-5-7(11(13)14)6(3-4-10-5)8(12)9-2/h3-4H,1-2H3,(H,9,12). The SMILES string of the molecule is CNC(=O)c1ccnc(C)c1[N+](=O)[O-]. The van der Waals surface area contributed by atoms with Gasteiger partial charge in [0.1, 0.15) is 11.3 Å². The number of amides is 1. The number of pyridine rings is 1. The fourth-order valence-electron chi connectivity index (χ4n) is 1.11. The van der Waals surface area contributed by atoms with E-state index in [2.05, 4.69) is 10.3 Å². The van der Waals surface area contributed by atoms with Crippen LogP contribution >= 0.6 is 0 Å². The zero-order valence-corrected chi connectivity index (χ0v) is 7.77. The summed E-state index contributed by atoms with van der Waals surface area (Å²) < 4.78 is 0. The maximum absolute atomic E-state index is 11.2. The molecule has 0 saturated carbocycles. The first-order chi connectivity index (χ1) is 6.57. The summed E-state index contributed by atoms with van der Waals surface area (Å²) in [5.41, 5.74) is 0.0213. The molecule has 74 valence electrons. The number of nitrogens with zero attached hydrogens (tertiary/aromatic N) is 2. The lowest BCUT2D eigenvalue weighted by atomic mass is 10.2. The van der Waals surface area contributed by atoms with Crippen LogP contribution in [0.1, 0.15) is 16.1 Å². The number of nitro groups is 1. The van der Waals surface area contributed by atoms with Crippen molar-refractivity contribution in [3.05, 3.63) is 33.6 Å². The van der Waals surface area contributed by atoms with Gasteiger partial charge in [0, 0.05) is 13.2 Å². The highest BCUT2D eigenvalue weighted by molar-refractivity contribution is 5.98. The molecule has 0 atom stereocenters. The molecule has 1 amide bonds. The number of nitrogens with one attached hydrogen (secondary N) is 1. The molecule has 0 aliphatic rings. The summed E-state index contributed by atoms with van der Waals surface area (Å²) in [5, 5.41) is 13.0. The van der Waals surface area contributed by atoms with Crippen molar-refractivity contribution in [3.63, 3.8) is 0 Å². The van der Waals surface area contributed by atoms with Gasteiger partial charge in [0.25, 0.3) is 5.91 Å². The molecule has 1 aromatic rings. The average Bonchev–Trinajstić information content (AvgIpc) is 2.15. The highest BCUT2D eigenvalue weighted by Gasteiger charge is 2.22. The van der Waals surface area contributed by atoms with Gasteiger partial charge in [0.15, 0.2) is 0 Å². The van der Waals surface area contributed by atoms with E-state index in [1.807, 2.05) is 0 Å². The fourth-order valence-corrected chi connectivity index (χ4v) is 1.11. The van der Waals surface area contributed by atoms with Gasteiger partial charge in [-0.15, -0.1) is 0 Å². The smallest absolute Gasteiger partial charge is 0.303 e. The summed E-state index contributed by atoms with van der Waals surface area (Å²) in [6, 6.07) is 1.32. The lowest BCUT2D eigenvalue weighted by Gasteiger charge is -2.02. The molecule has 0 aliphatic carbocycles. The molecule has 0 saturated heterocycles. The van der Waals surface area contributed by atoms with E-state index >= 15 is 0 Å². The van der Waals surface area contributed by atoms with Crippen LogP contribution in [-0.4, -0.2) is 22.9 Å². The van der Waals surface area contributed by atoms with Crippen LogP contribution in [0.15, 0.2) is 12.3 Å². The number of carbonyl (C=O) groups excluding carboxylic acids is 1. The lowest BCUT2D eigenvalue weighted by molar-refractivity contribution is -0.386. The minimum Gasteiger partial charge on any atom is -0.355 e. The van der Waals surface area contributed by atoms with Crippen molar-refractivity contribution in [2.75, 3.05) is 7.05 Å². The summed E-state index contributed by atoms with van der Waals surface area (Å²) in [6.45, 7) is 1.49. The minimum atomic E-state index is -0.604. The summed E-state index contributed by atoms with van der Waals surface area (Å²) in [7, 11) is 1.42. The number of hydrogen-bond donors (Lipinski definition) is 1. The normalized spacial score (nSPS) is 9.57. The molecule has 0 aliphatic heterocycles. The third-order valence-corrected chi connectivity index (χ3v) is 1.76. The van der Waals surface area contributed by atoms with Crippen molar-refractivity contribution in [2.24, 2.45) is 0 Å². The summed E-state index contributed by atoms with van der Waals surface area (Å²) in [5.74, 6) is -0.484. The Morgan fingerprint density at radius 3 is 2.79 bits per heavy atom. The molecule has 1 aromatic heterocycles. The van der Waals surface area contributed by atoms with Crippen LogP contribution in [-0.2, 0) is 0 Å². The first-order valence-corrected chi connectivity index (χ1v) is 3.90. The van der Waals surface area contributed by atoms with Crippen LogP contribution < -0.4 is 5.32 Å². The van der Waals surface area contributed by atoms with Crippen LogP contribution in [0, 0.1) is 17.0 Å². The third-order valence-electron chi connectivity index (χ3n) is 1.76. The monoisotopic (exact) mass is 195 g/mol. The predicted molar refractivity (Wildman–Crippen MR) is 49.0 cm³/mol. The van der Waals surface area contributed by atoms with Crippen molar-refractivity contribution in [1.29, 1.82) is 0 Å². The van der Waals surface area contributed by atoms with Crippen molar-refractivity contribution < 1.29 is 9.72 Å². The van der Waals surface area contributed by atoms with Gasteiger partial charge in [0.2, 0.25) is 0 Å². The summed E-state index contributed by atoms with van der Waals surface area (Å²) >= 11 is 0. The number of rotatable bonds is 2. The largest absolute Gasteiger partial charge is 0.355 e. The van der Waals surface area contributed by atoms with Crippen molar-refractivity contribution in [1.82, 2.24) is 10.3 Å². The molecule has 1 rings (SSSR count). The summed E-state index contributed by atoms with van der Waals surface area (Å²) in [6.07, 6.45) is 1.37. The second-order valence-electron chi connectivity index (χ2n) is 2.63. The highest BCUT2D eigenvalue weighted by Crippen LogP contribution is 2.20. The molecule has 1 heterocycles. The van der Waals surface area contributed by atoms with E-state index in [4.69, 9.17) is 0 Å². The van der Waals surface area contributed by atoms with Gasteiger partial charge in [-0.05, 0) is 13.0 Å². The van der Waals surface area contributed by atoms with E-state index < -0.39 is 10.8 Å². The molecule has 6 heteroatoms. The van der Waals surface area contributed by atoms with E-state index in [0.29, 0.717) is 0 Å². The zero-order valence-electron chi connectivity index (χ0n) is 7.77. The van der Waals surface area contributed by atoms with Gasteiger partial charge >= 0.3 is 5.69 Å². The van der Waals surface area contributed by atoms with Crippen LogP contribution in [0.2, 0.25) is 0 Å². The number of hydrogen-bond acceptors (Lipinski definition) is 4. The van der Waals surface area contributed by atoms with Crippen LogP contribution in [0.3, 0.4) is 0 Å². The zero-order chi connectivity index (χ0) is 10.7. The molecule has 0 unspecified atom stereocenters. The van der Waals surface area contributed by atoms with Gasteiger partial charge in [0.05, 0.1) is 4.92 Å². The van der Waals surface area contributed by atoms with Crippen molar-refractivity contribution >= 4 is 11.6 Å². The fraction of sp³-hybridized carbons (Fsp3) is 0.250. The highest BCUT2D eigenvalue weighted by atomic mass is 16.6. The first-order valence-electron chi connectivity index (χ1n) is 3.90. The van der Waals surface area contributed by atoms with E-state index in [0.717, 1.165) is 0 Å². The van der Waals surface area contributed by atoms with Crippen LogP contribution in [0.25, 0.3) is 0 Å². The Morgan fingerprint density at radius 1 is 1.64 bits per heavy atom. The quantitative estimate of drug-likeness (QED) is 0.554. The molecule has 0 bridgehead atoms. The molecule has 0 spiro atoms. The molecular weight excluding hydrogens is 186 g/mol. The molecule has 14 heavy (non-hydrogen) atoms. The first kappa shape index (κ1) is 10.1. The van der Waals surface area contributed by atoms with Crippen molar-refractivity contribution in [2.45, 2.75) is 6.92 Å². The Balaban J connectivity index is 3.35. The van der Waals surface area contributed by atoms with Gasteiger partial charge in [-0.1, -0.05) is 0 Å². The number of aryl methyl sites for hydroxylation is 1. The molecular formula is C8H9N3O3. The maximum Gasteiger partial charge on any atom is 0.303 e. The lowest BCUT2D eigenvalue weighted by Crippen LogP contribution is -2.19. The Bertz CT molecular complexity index is 389. The minimum absolute atomic E-state index is 0.0324. The van der Waals surface area contributed by atoms with Gasteiger partial charge < -0.3 is 5.32 Å². The Hall–Kier alpha value is -1.98. The molecule has 1 N–H and O–H groups in total. The van der Waals surface area contributed by atoms with Crippen molar-refractivity contribution in [3.8, 4) is 0 Å². The number of aromatic nitrogens is 1. The van der Waals surface area contributed by atoms with Gasteiger partial charge in [-0.25, -0.2) is 0 Å². The predicted octanol–water partition coefficient (Wildman–Crippen LogP) is 0.658. The number of carbonyl (C=O) groups is 1. The molecule has 0 fully saturated rings. The Kier molecular flexibility index (Phi) is 2.76. The third kappa shape index (κ3) is 1.68. The average molecular weight is 195 g/mol. The summed E-state index contributed by atoms with van der Waals surface area (Å²) in [4.78, 5) is 25.0. The van der Waals surface area contributed by atoms with E-state index in [1.54, 1.807) is 0 Å². The van der Waals surface area contributed by atoms with E-state index in [9.17, 15) is 14.9 Å². The molecule has 0 radical (unpaired) electrons. The Labute approximate surface area is 80.1 Å². The van der Waals surface area contributed by atoms with Crippen LogP contribution in [0.4, 0.5) is 5.69 Å². The van der Waals surface area contributed by atoms with E-state index in [1.165, 1.54) is 26.2 Å². The van der Waals surface area contributed by atoms with Gasteiger partial charge in [-0.2, -0.15) is 0 Å². The topological polar surface area (TPSA) is 85.1 Å². The van der Waals surface area contributed by atoms with E-state index in [-0.39, 0.29) is 16.9 Å². The second kappa shape index (κ2) is 3.82. The molecule has 0 aromatic carbocycles. The van der Waals surface area contributed by atoms with Gasteiger partial charge in [-0.3, -0.25) is 19.9 Å². The Morgan fingerprint density at radius 2 is 2.29 bits per heavy atom.